The van der Waals surface area contributed by atoms with E-state index in [1.807, 2.05) is 0 Å². The van der Waals surface area contributed by atoms with Crippen LogP contribution in [0.2, 0.25) is 0 Å². The fraction of sp³-hybridized carbons (Fsp3) is 0.412. The number of hydrogen-bond donors (Lipinski definition) is 3. The molecule has 2 amide bonds. The van der Waals surface area contributed by atoms with Gasteiger partial charge in [0.15, 0.2) is 0 Å². The van der Waals surface area contributed by atoms with Gasteiger partial charge in [-0.2, -0.15) is 0 Å². The molecule has 0 radical (unpaired) electrons. The number of aromatic nitrogens is 2. The van der Waals surface area contributed by atoms with Crippen molar-refractivity contribution in [1.82, 2.24) is 15.3 Å². The minimum absolute atomic E-state index is 0.193. The molecule has 124 valence electrons. The Labute approximate surface area is 137 Å². The molecule has 0 saturated heterocycles. The first-order valence-corrected chi connectivity index (χ1v) is 8.19. The highest BCUT2D eigenvalue weighted by molar-refractivity contribution is 6.13. The van der Waals surface area contributed by atoms with Crippen LogP contribution < -0.4 is 16.2 Å². The third kappa shape index (κ3) is 2.36. The highest BCUT2D eigenvalue weighted by atomic mass is 16.2. The number of hydrogen-bond acceptors (Lipinski definition) is 4. The zero-order valence-corrected chi connectivity index (χ0v) is 13.1. The Morgan fingerprint density at radius 1 is 1.21 bits per heavy atom. The molecule has 1 heterocycles. The van der Waals surface area contributed by atoms with E-state index in [1.165, 1.54) is 6.33 Å². The molecule has 0 spiro atoms. The molecule has 2 saturated carbocycles. The Morgan fingerprint density at radius 3 is 2.67 bits per heavy atom. The van der Waals surface area contributed by atoms with Crippen LogP contribution in [0.5, 0.6) is 0 Å². The lowest BCUT2D eigenvalue weighted by Gasteiger charge is -2.38. The summed E-state index contributed by atoms with van der Waals surface area (Å²) in [5.41, 5.74) is -0.445. The van der Waals surface area contributed by atoms with E-state index in [2.05, 4.69) is 20.6 Å². The maximum atomic E-state index is 12.8. The highest BCUT2D eigenvalue weighted by Crippen LogP contribution is 2.43. The summed E-state index contributed by atoms with van der Waals surface area (Å²) in [7, 11) is 0. The quantitative estimate of drug-likeness (QED) is 0.737. The van der Waals surface area contributed by atoms with Gasteiger partial charge in [0.1, 0.15) is 5.41 Å². The van der Waals surface area contributed by atoms with E-state index in [-0.39, 0.29) is 23.4 Å². The van der Waals surface area contributed by atoms with Gasteiger partial charge in [-0.1, -0.05) is 12.5 Å². The summed E-state index contributed by atoms with van der Waals surface area (Å²) < 4.78 is 0. The molecule has 0 aliphatic heterocycles. The molecule has 1 aromatic heterocycles. The van der Waals surface area contributed by atoms with Crippen LogP contribution >= 0.6 is 0 Å². The molecular weight excluding hydrogens is 308 g/mol. The van der Waals surface area contributed by atoms with Gasteiger partial charge in [0.05, 0.1) is 22.9 Å². The van der Waals surface area contributed by atoms with Crippen LogP contribution in [0.25, 0.3) is 10.9 Å². The molecule has 7 heteroatoms. The van der Waals surface area contributed by atoms with Gasteiger partial charge < -0.3 is 15.6 Å². The normalized spacial score (nSPS) is 18.7. The van der Waals surface area contributed by atoms with Crippen LogP contribution in [-0.2, 0) is 9.59 Å². The summed E-state index contributed by atoms with van der Waals surface area (Å²) in [5, 5.41) is 6.04. The molecular formula is C17H18N4O3. The molecule has 1 aromatic carbocycles. The number of carbonyl (C=O) groups excluding carboxylic acids is 2. The fourth-order valence-electron chi connectivity index (χ4n) is 3.10. The van der Waals surface area contributed by atoms with Crippen molar-refractivity contribution in [2.24, 2.45) is 5.41 Å². The number of aromatic amines is 1. The lowest BCUT2D eigenvalue weighted by atomic mass is 9.67. The van der Waals surface area contributed by atoms with Gasteiger partial charge in [-0.25, -0.2) is 4.98 Å². The van der Waals surface area contributed by atoms with E-state index in [0.717, 1.165) is 19.3 Å². The Bertz CT molecular complexity index is 876. The lowest BCUT2D eigenvalue weighted by Crippen LogP contribution is -2.53. The molecule has 2 aromatic rings. The number of nitrogens with zero attached hydrogens (tertiary/aromatic N) is 1. The van der Waals surface area contributed by atoms with Crippen LogP contribution in [0.15, 0.2) is 29.3 Å². The predicted octanol–water partition coefficient (Wildman–Crippen LogP) is 1.31. The van der Waals surface area contributed by atoms with Crippen LogP contribution in [0.3, 0.4) is 0 Å². The largest absolute Gasteiger partial charge is 0.352 e. The number of fused-ring (bicyclic) bond motifs is 1. The molecule has 24 heavy (non-hydrogen) atoms. The molecule has 0 bridgehead atoms. The molecule has 7 nitrogen and oxygen atoms in total. The molecule has 2 aliphatic carbocycles. The van der Waals surface area contributed by atoms with Gasteiger partial charge in [0, 0.05) is 6.04 Å². The first-order valence-electron chi connectivity index (χ1n) is 8.19. The Hall–Kier alpha value is -2.70. The van der Waals surface area contributed by atoms with Crippen molar-refractivity contribution in [1.29, 1.82) is 0 Å². The second-order valence-electron chi connectivity index (χ2n) is 6.57. The molecule has 3 N–H and O–H groups in total. The van der Waals surface area contributed by atoms with E-state index in [9.17, 15) is 14.4 Å². The zero-order chi connectivity index (χ0) is 16.7. The first kappa shape index (κ1) is 14.9. The van der Waals surface area contributed by atoms with E-state index in [4.69, 9.17) is 0 Å². The van der Waals surface area contributed by atoms with E-state index >= 15 is 0 Å². The average molecular weight is 326 g/mol. The van der Waals surface area contributed by atoms with Gasteiger partial charge in [0.2, 0.25) is 11.8 Å². The zero-order valence-electron chi connectivity index (χ0n) is 13.1. The predicted molar refractivity (Wildman–Crippen MR) is 88.4 cm³/mol. The van der Waals surface area contributed by atoms with Crippen LogP contribution in [0.4, 0.5) is 5.69 Å². The van der Waals surface area contributed by atoms with Crippen molar-refractivity contribution in [2.45, 2.75) is 38.1 Å². The second kappa shape index (κ2) is 5.43. The van der Waals surface area contributed by atoms with E-state index in [0.29, 0.717) is 29.4 Å². The third-order valence-corrected chi connectivity index (χ3v) is 4.91. The SMILES string of the molecule is O=C(Nc1cccc2nc[nH]c(=O)c12)C1(C(=O)NC2CC2)CCC1. The van der Waals surface area contributed by atoms with Gasteiger partial charge >= 0.3 is 0 Å². The summed E-state index contributed by atoms with van der Waals surface area (Å²) in [5.74, 6) is -0.538. The monoisotopic (exact) mass is 326 g/mol. The van der Waals surface area contributed by atoms with Crippen LogP contribution in [0.1, 0.15) is 32.1 Å². The van der Waals surface area contributed by atoms with Crippen molar-refractivity contribution in [3.05, 3.63) is 34.9 Å². The number of H-pyrrole nitrogens is 1. The van der Waals surface area contributed by atoms with Gasteiger partial charge in [0.25, 0.3) is 5.56 Å². The fourth-order valence-corrected chi connectivity index (χ4v) is 3.10. The van der Waals surface area contributed by atoms with Gasteiger partial charge in [-0.3, -0.25) is 14.4 Å². The summed E-state index contributed by atoms with van der Waals surface area (Å²) in [6.07, 6.45) is 5.21. The molecule has 2 aliphatic rings. The number of amides is 2. The summed E-state index contributed by atoms with van der Waals surface area (Å²) in [6.45, 7) is 0. The standard InChI is InChI=1S/C17H18N4O3/c22-14-13-11(18-9-19-14)3-1-4-12(13)21-16(24)17(7-2-8-17)15(23)20-10-5-6-10/h1,3-4,9-10H,2,5-8H2,(H,20,23)(H,21,24)(H,18,19,22). The minimum atomic E-state index is -1.01. The van der Waals surface area contributed by atoms with Crippen molar-refractivity contribution >= 4 is 28.4 Å². The van der Waals surface area contributed by atoms with E-state index in [1.54, 1.807) is 18.2 Å². The Morgan fingerprint density at radius 2 is 2.00 bits per heavy atom. The highest BCUT2D eigenvalue weighted by Gasteiger charge is 2.51. The maximum absolute atomic E-state index is 12.8. The van der Waals surface area contributed by atoms with Crippen molar-refractivity contribution in [3.63, 3.8) is 0 Å². The van der Waals surface area contributed by atoms with E-state index < -0.39 is 5.41 Å². The topological polar surface area (TPSA) is 104 Å². The van der Waals surface area contributed by atoms with Gasteiger partial charge in [-0.05, 0) is 37.8 Å². The van der Waals surface area contributed by atoms with Crippen LogP contribution in [-0.4, -0.2) is 27.8 Å². The number of nitrogens with one attached hydrogen (secondary N) is 3. The Balaban J connectivity index is 1.64. The molecule has 4 rings (SSSR count). The van der Waals surface area contributed by atoms with Crippen molar-refractivity contribution in [3.8, 4) is 0 Å². The third-order valence-electron chi connectivity index (χ3n) is 4.91. The average Bonchev–Trinajstić information content (AvgIpc) is 3.30. The summed E-state index contributed by atoms with van der Waals surface area (Å²) in [6, 6.07) is 5.30. The summed E-state index contributed by atoms with van der Waals surface area (Å²) in [4.78, 5) is 44.0. The molecule has 0 atom stereocenters. The smallest absolute Gasteiger partial charge is 0.260 e. The number of rotatable bonds is 4. The lowest BCUT2D eigenvalue weighted by molar-refractivity contribution is -0.146. The number of anilines is 1. The second-order valence-corrected chi connectivity index (χ2v) is 6.57. The molecule has 2 fully saturated rings. The summed E-state index contributed by atoms with van der Waals surface area (Å²) >= 11 is 0. The van der Waals surface area contributed by atoms with Crippen molar-refractivity contribution < 1.29 is 9.59 Å². The minimum Gasteiger partial charge on any atom is -0.352 e. The Kier molecular flexibility index (Phi) is 3.37. The maximum Gasteiger partial charge on any atom is 0.260 e. The first-order chi connectivity index (χ1) is 11.6. The number of benzene rings is 1. The van der Waals surface area contributed by atoms with Crippen LogP contribution in [0, 0.1) is 5.41 Å². The molecule has 0 unspecified atom stereocenters. The van der Waals surface area contributed by atoms with Gasteiger partial charge in [-0.15, -0.1) is 0 Å². The number of carbonyl (C=O) groups is 2. The van der Waals surface area contributed by atoms with Crippen molar-refractivity contribution in [2.75, 3.05) is 5.32 Å².